The number of rotatable bonds is 3. The number of amides is 2. The first-order chi connectivity index (χ1) is 9.54. The molecule has 1 unspecified atom stereocenters. The van der Waals surface area contributed by atoms with Crippen LogP contribution in [0.4, 0.5) is 4.79 Å². The van der Waals surface area contributed by atoms with Gasteiger partial charge in [0.05, 0.1) is 0 Å². The molecule has 2 amide bonds. The van der Waals surface area contributed by atoms with Crippen molar-refractivity contribution in [3.8, 4) is 0 Å². The molecule has 5 nitrogen and oxygen atoms in total. The molecule has 5 heteroatoms. The van der Waals surface area contributed by atoms with E-state index in [-0.39, 0.29) is 23.5 Å². The van der Waals surface area contributed by atoms with Crippen molar-refractivity contribution in [2.45, 2.75) is 59.1 Å². The Balaban J connectivity index is 1.82. The average Bonchev–Trinajstić information content (AvgIpc) is 2.82. The van der Waals surface area contributed by atoms with Crippen LogP contribution in [0, 0.1) is 17.8 Å². The summed E-state index contributed by atoms with van der Waals surface area (Å²) < 4.78 is 5.37. The number of nitrogens with zero attached hydrogens (tertiary/aromatic N) is 1. The van der Waals surface area contributed by atoms with Gasteiger partial charge >= 0.3 is 6.09 Å². The normalized spacial score (nSPS) is 28.1. The molecule has 3 atom stereocenters. The van der Waals surface area contributed by atoms with E-state index in [1.165, 1.54) is 0 Å². The zero-order chi connectivity index (χ0) is 16.0. The lowest BCUT2D eigenvalue weighted by Gasteiger charge is -2.27. The fourth-order valence-corrected chi connectivity index (χ4v) is 2.90. The van der Waals surface area contributed by atoms with Crippen LogP contribution in [-0.2, 0) is 9.53 Å². The molecular formula is C16H28N2O3. The van der Waals surface area contributed by atoms with Crippen molar-refractivity contribution in [2.75, 3.05) is 13.1 Å². The standard InChI is InChI=1S/C16H28N2O3/c1-7-16(5,6)17-13(19)12-10-8-18(9-11(10)12)14(20)21-15(2,3)4/h10-12H,7-9H2,1-6H3,(H,17,19)/t10-,11+,12?. The van der Waals surface area contributed by atoms with E-state index in [1.807, 2.05) is 34.6 Å². The van der Waals surface area contributed by atoms with Gasteiger partial charge in [0.2, 0.25) is 5.91 Å². The van der Waals surface area contributed by atoms with Crippen LogP contribution >= 0.6 is 0 Å². The van der Waals surface area contributed by atoms with Gasteiger partial charge in [-0.05, 0) is 52.9 Å². The smallest absolute Gasteiger partial charge is 0.410 e. The maximum absolute atomic E-state index is 12.3. The Hall–Kier alpha value is -1.26. The minimum atomic E-state index is -0.466. The number of carbonyl (C=O) groups excluding carboxylic acids is 2. The molecule has 1 saturated heterocycles. The predicted molar refractivity (Wildman–Crippen MR) is 80.8 cm³/mol. The first-order valence-corrected chi connectivity index (χ1v) is 7.84. The second kappa shape index (κ2) is 5.18. The third kappa shape index (κ3) is 3.69. The minimum Gasteiger partial charge on any atom is -0.444 e. The van der Waals surface area contributed by atoms with Gasteiger partial charge in [-0.2, -0.15) is 0 Å². The number of likely N-dealkylation sites (tertiary alicyclic amines) is 1. The number of hydrogen-bond donors (Lipinski definition) is 1. The summed E-state index contributed by atoms with van der Waals surface area (Å²) in [5, 5.41) is 3.11. The predicted octanol–water partition coefficient (Wildman–Crippen LogP) is 2.40. The van der Waals surface area contributed by atoms with Crippen molar-refractivity contribution in [3.63, 3.8) is 0 Å². The largest absolute Gasteiger partial charge is 0.444 e. The van der Waals surface area contributed by atoms with E-state index in [9.17, 15) is 9.59 Å². The van der Waals surface area contributed by atoms with Gasteiger partial charge in [0.1, 0.15) is 5.60 Å². The molecule has 1 saturated carbocycles. The summed E-state index contributed by atoms with van der Waals surface area (Å²) >= 11 is 0. The van der Waals surface area contributed by atoms with Crippen LogP contribution in [0.3, 0.4) is 0 Å². The number of hydrogen-bond acceptors (Lipinski definition) is 3. The highest BCUT2D eigenvalue weighted by atomic mass is 16.6. The Kier molecular flexibility index (Phi) is 3.98. The minimum absolute atomic E-state index is 0.0783. The van der Waals surface area contributed by atoms with Gasteiger partial charge in [0.25, 0.3) is 0 Å². The molecular weight excluding hydrogens is 268 g/mol. The molecule has 0 spiro atoms. The van der Waals surface area contributed by atoms with Crippen LogP contribution < -0.4 is 5.32 Å². The second-order valence-corrected chi connectivity index (χ2v) is 7.97. The van der Waals surface area contributed by atoms with Gasteiger partial charge in [0.15, 0.2) is 0 Å². The lowest BCUT2D eigenvalue weighted by molar-refractivity contribution is -0.124. The molecule has 0 aromatic heterocycles. The zero-order valence-electron chi connectivity index (χ0n) is 14.0. The molecule has 2 rings (SSSR count). The maximum Gasteiger partial charge on any atom is 0.410 e. The monoisotopic (exact) mass is 296 g/mol. The summed E-state index contributed by atoms with van der Waals surface area (Å²) in [5.74, 6) is 0.838. The van der Waals surface area contributed by atoms with E-state index in [0.29, 0.717) is 24.9 Å². The third-order valence-electron chi connectivity index (χ3n) is 4.49. The van der Waals surface area contributed by atoms with Crippen LogP contribution in [0.15, 0.2) is 0 Å². The third-order valence-corrected chi connectivity index (χ3v) is 4.49. The van der Waals surface area contributed by atoms with E-state index in [2.05, 4.69) is 12.2 Å². The van der Waals surface area contributed by atoms with Crippen LogP contribution in [-0.4, -0.2) is 41.1 Å². The summed E-state index contributed by atoms with van der Waals surface area (Å²) in [6.07, 6.45) is 0.646. The summed E-state index contributed by atoms with van der Waals surface area (Å²) in [6.45, 7) is 13.0. The Labute approximate surface area is 127 Å². The van der Waals surface area contributed by atoms with Crippen molar-refractivity contribution < 1.29 is 14.3 Å². The second-order valence-electron chi connectivity index (χ2n) is 7.97. The summed E-state index contributed by atoms with van der Waals surface area (Å²) in [6, 6.07) is 0. The molecule has 0 radical (unpaired) electrons. The van der Waals surface area contributed by atoms with Gasteiger partial charge < -0.3 is 15.0 Å². The average molecular weight is 296 g/mol. The molecule has 1 N–H and O–H groups in total. The van der Waals surface area contributed by atoms with Crippen molar-refractivity contribution >= 4 is 12.0 Å². The van der Waals surface area contributed by atoms with Crippen molar-refractivity contribution in [1.82, 2.24) is 10.2 Å². The molecule has 1 heterocycles. The zero-order valence-corrected chi connectivity index (χ0v) is 14.0. The van der Waals surface area contributed by atoms with Crippen molar-refractivity contribution in [2.24, 2.45) is 17.8 Å². The van der Waals surface area contributed by atoms with Crippen LogP contribution in [0.1, 0.15) is 48.0 Å². The van der Waals surface area contributed by atoms with Crippen LogP contribution in [0.25, 0.3) is 0 Å². The highest BCUT2D eigenvalue weighted by Crippen LogP contribution is 2.52. The molecule has 2 aliphatic rings. The van der Waals surface area contributed by atoms with Gasteiger partial charge in [-0.25, -0.2) is 4.79 Å². The fraction of sp³-hybridized carbons (Fsp3) is 0.875. The highest BCUT2D eigenvalue weighted by Gasteiger charge is 2.60. The van der Waals surface area contributed by atoms with Gasteiger partial charge in [-0.3, -0.25) is 4.79 Å². The summed E-state index contributed by atoms with van der Waals surface area (Å²) in [4.78, 5) is 26.0. The molecule has 2 fully saturated rings. The molecule has 0 aromatic carbocycles. The molecule has 0 aromatic rings. The SMILES string of the molecule is CCC(C)(C)NC(=O)C1[C@H]2CN(C(=O)OC(C)(C)C)C[C@@H]12. The van der Waals surface area contributed by atoms with Crippen molar-refractivity contribution in [3.05, 3.63) is 0 Å². The Morgan fingerprint density at radius 1 is 1.14 bits per heavy atom. The van der Waals surface area contributed by atoms with Gasteiger partial charge in [-0.1, -0.05) is 6.92 Å². The first kappa shape index (κ1) is 16.1. The van der Waals surface area contributed by atoms with E-state index in [1.54, 1.807) is 4.90 Å². The number of ether oxygens (including phenoxy) is 1. The molecule has 21 heavy (non-hydrogen) atoms. The van der Waals surface area contributed by atoms with E-state index in [0.717, 1.165) is 6.42 Å². The molecule has 0 bridgehead atoms. The Bertz CT molecular complexity index is 427. The van der Waals surface area contributed by atoms with E-state index >= 15 is 0 Å². The first-order valence-electron chi connectivity index (χ1n) is 7.84. The van der Waals surface area contributed by atoms with Crippen LogP contribution in [0.5, 0.6) is 0 Å². The number of carbonyl (C=O) groups is 2. The lowest BCUT2D eigenvalue weighted by Crippen LogP contribution is -2.45. The van der Waals surface area contributed by atoms with Gasteiger partial charge in [-0.15, -0.1) is 0 Å². The fourth-order valence-electron chi connectivity index (χ4n) is 2.90. The van der Waals surface area contributed by atoms with Crippen LogP contribution in [0.2, 0.25) is 0 Å². The van der Waals surface area contributed by atoms with Gasteiger partial charge in [0, 0.05) is 24.5 Å². The van der Waals surface area contributed by atoms with E-state index < -0.39 is 5.60 Å². The van der Waals surface area contributed by atoms with Crippen molar-refractivity contribution in [1.29, 1.82) is 0 Å². The number of fused-ring (bicyclic) bond motifs is 1. The number of piperidine rings is 1. The Morgan fingerprint density at radius 3 is 2.10 bits per heavy atom. The Morgan fingerprint density at radius 2 is 1.67 bits per heavy atom. The quantitative estimate of drug-likeness (QED) is 0.870. The highest BCUT2D eigenvalue weighted by molar-refractivity contribution is 5.84. The molecule has 120 valence electrons. The summed E-state index contributed by atoms with van der Waals surface area (Å²) in [5.41, 5.74) is -0.620. The summed E-state index contributed by atoms with van der Waals surface area (Å²) in [7, 11) is 0. The maximum atomic E-state index is 12.3. The number of nitrogens with one attached hydrogen (secondary N) is 1. The van der Waals surface area contributed by atoms with E-state index in [4.69, 9.17) is 4.74 Å². The molecule has 1 aliphatic heterocycles. The lowest BCUT2D eigenvalue weighted by atomic mass is 10.0. The molecule has 1 aliphatic carbocycles. The topological polar surface area (TPSA) is 58.6 Å².